The summed E-state index contributed by atoms with van der Waals surface area (Å²) in [7, 11) is 3.37. The van der Waals surface area contributed by atoms with E-state index in [1.807, 2.05) is 6.07 Å². The number of rotatable bonds is 6. The van der Waals surface area contributed by atoms with Gasteiger partial charge in [0.1, 0.15) is 5.75 Å². The maximum Gasteiger partial charge on any atom is 0.133 e. The molecule has 3 nitrogen and oxygen atoms in total. The second-order valence-corrected chi connectivity index (χ2v) is 4.31. The van der Waals surface area contributed by atoms with Crippen LogP contribution in [-0.2, 0) is 4.74 Å². The first-order valence-electron chi connectivity index (χ1n) is 5.28. The van der Waals surface area contributed by atoms with Crippen LogP contribution in [0.3, 0.4) is 0 Å². The van der Waals surface area contributed by atoms with Crippen molar-refractivity contribution >= 4 is 15.9 Å². The Morgan fingerprint density at radius 1 is 1.38 bits per heavy atom. The molecule has 90 valence electrons. The minimum atomic E-state index is 0.220. The highest BCUT2D eigenvalue weighted by atomic mass is 79.9. The molecule has 0 bridgehead atoms. The number of halogens is 1. The molecule has 0 saturated carbocycles. The van der Waals surface area contributed by atoms with Gasteiger partial charge in [-0.15, -0.1) is 0 Å². The highest BCUT2D eigenvalue weighted by Gasteiger charge is 2.11. The summed E-state index contributed by atoms with van der Waals surface area (Å²) in [4.78, 5) is 0. The quantitative estimate of drug-likeness (QED) is 0.873. The molecular weight excluding hydrogens is 270 g/mol. The van der Waals surface area contributed by atoms with Crippen molar-refractivity contribution in [2.24, 2.45) is 0 Å². The molecule has 0 fully saturated rings. The number of hydrogen-bond acceptors (Lipinski definition) is 3. The summed E-state index contributed by atoms with van der Waals surface area (Å²) >= 11 is 3.48. The third kappa shape index (κ3) is 3.47. The van der Waals surface area contributed by atoms with Crippen LogP contribution in [0.5, 0.6) is 5.75 Å². The molecule has 4 heteroatoms. The van der Waals surface area contributed by atoms with Gasteiger partial charge in [-0.1, -0.05) is 13.0 Å². The van der Waals surface area contributed by atoms with Crippen molar-refractivity contribution in [3.8, 4) is 5.75 Å². The van der Waals surface area contributed by atoms with Gasteiger partial charge >= 0.3 is 0 Å². The molecule has 0 saturated heterocycles. The third-order valence-corrected chi connectivity index (χ3v) is 2.98. The van der Waals surface area contributed by atoms with Crippen LogP contribution in [-0.4, -0.2) is 27.4 Å². The highest BCUT2D eigenvalue weighted by Crippen LogP contribution is 2.28. The monoisotopic (exact) mass is 287 g/mol. The molecule has 0 aliphatic carbocycles. The Labute approximate surface area is 105 Å². The predicted molar refractivity (Wildman–Crippen MR) is 69.0 cm³/mol. The summed E-state index contributed by atoms with van der Waals surface area (Å²) in [5, 5.41) is 3.38. The lowest BCUT2D eigenvalue weighted by Crippen LogP contribution is -2.24. The second-order valence-electron chi connectivity index (χ2n) is 3.46. The van der Waals surface area contributed by atoms with Gasteiger partial charge in [0.05, 0.1) is 24.2 Å². The molecule has 0 aliphatic heterocycles. The lowest BCUT2D eigenvalue weighted by atomic mass is 10.1. The summed E-state index contributed by atoms with van der Waals surface area (Å²) in [6.45, 7) is 3.66. The fourth-order valence-electron chi connectivity index (χ4n) is 1.59. The Kier molecular flexibility index (Phi) is 5.80. The van der Waals surface area contributed by atoms with E-state index in [9.17, 15) is 0 Å². The van der Waals surface area contributed by atoms with Crippen LogP contribution in [0.4, 0.5) is 0 Å². The predicted octanol–water partition coefficient (Wildman–Crippen LogP) is 2.75. The van der Waals surface area contributed by atoms with Crippen molar-refractivity contribution < 1.29 is 9.47 Å². The van der Waals surface area contributed by atoms with Crippen molar-refractivity contribution in [2.75, 3.05) is 27.4 Å². The first-order chi connectivity index (χ1) is 7.72. The molecule has 0 heterocycles. The van der Waals surface area contributed by atoms with Gasteiger partial charge in [-0.05, 0) is 40.2 Å². The van der Waals surface area contributed by atoms with Crippen molar-refractivity contribution in [2.45, 2.75) is 13.0 Å². The Morgan fingerprint density at radius 3 is 2.62 bits per heavy atom. The van der Waals surface area contributed by atoms with E-state index < -0.39 is 0 Å². The first-order valence-corrected chi connectivity index (χ1v) is 6.08. The van der Waals surface area contributed by atoms with Crippen molar-refractivity contribution in [3.63, 3.8) is 0 Å². The van der Waals surface area contributed by atoms with Gasteiger partial charge in [0.15, 0.2) is 0 Å². The number of ether oxygens (including phenoxy) is 2. The standard InChI is InChI=1S/C12H18BrNO2/c1-4-14-11(8-15-2)9-5-6-12(16-3)10(13)7-9/h5-7,11,14H,4,8H2,1-3H3. The summed E-state index contributed by atoms with van der Waals surface area (Å²) in [6.07, 6.45) is 0. The summed E-state index contributed by atoms with van der Waals surface area (Å²) in [5.74, 6) is 0.844. The lowest BCUT2D eigenvalue weighted by molar-refractivity contribution is 0.168. The average molecular weight is 288 g/mol. The molecule has 0 amide bonds. The van der Waals surface area contributed by atoms with E-state index >= 15 is 0 Å². The maximum atomic E-state index is 5.20. The molecule has 0 aliphatic rings. The normalized spacial score (nSPS) is 12.5. The number of benzene rings is 1. The Morgan fingerprint density at radius 2 is 2.12 bits per heavy atom. The third-order valence-electron chi connectivity index (χ3n) is 2.36. The number of nitrogens with one attached hydrogen (secondary N) is 1. The van der Waals surface area contributed by atoms with E-state index in [-0.39, 0.29) is 6.04 Å². The zero-order valence-electron chi connectivity index (χ0n) is 9.92. The lowest BCUT2D eigenvalue weighted by Gasteiger charge is -2.18. The van der Waals surface area contributed by atoms with Crippen LogP contribution in [0.25, 0.3) is 0 Å². The minimum absolute atomic E-state index is 0.220. The van der Waals surface area contributed by atoms with E-state index in [0.717, 1.165) is 16.8 Å². The topological polar surface area (TPSA) is 30.5 Å². The molecule has 1 unspecified atom stereocenters. The van der Waals surface area contributed by atoms with E-state index in [2.05, 4.69) is 40.3 Å². The number of likely N-dealkylation sites (N-methyl/N-ethyl adjacent to an activating group) is 1. The Balaban J connectivity index is 2.87. The summed E-state index contributed by atoms with van der Waals surface area (Å²) in [6, 6.07) is 6.29. The molecule has 1 aromatic rings. The van der Waals surface area contributed by atoms with Gasteiger partial charge in [-0.3, -0.25) is 0 Å². The van der Waals surface area contributed by atoms with Crippen molar-refractivity contribution in [1.82, 2.24) is 5.32 Å². The van der Waals surface area contributed by atoms with E-state index in [1.165, 1.54) is 5.56 Å². The fraction of sp³-hybridized carbons (Fsp3) is 0.500. The molecule has 0 aromatic heterocycles. The van der Waals surface area contributed by atoms with Crippen LogP contribution in [0, 0.1) is 0 Å². The fourth-order valence-corrected chi connectivity index (χ4v) is 2.14. The molecule has 1 atom stereocenters. The largest absolute Gasteiger partial charge is 0.496 e. The zero-order chi connectivity index (χ0) is 12.0. The molecule has 1 rings (SSSR count). The second kappa shape index (κ2) is 6.89. The summed E-state index contributed by atoms with van der Waals surface area (Å²) < 4.78 is 11.4. The minimum Gasteiger partial charge on any atom is -0.496 e. The van der Waals surface area contributed by atoms with Gasteiger partial charge in [0.2, 0.25) is 0 Å². The van der Waals surface area contributed by atoms with Gasteiger partial charge in [0.25, 0.3) is 0 Å². The van der Waals surface area contributed by atoms with Crippen molar-refractivity contribution in [3.05, 3.63) is 28.2 Å². The molecule has 1 aromatic carbocycles. The SMILES string of the molecule is CCNC(COC)c1ccc(OC)c(Br)c1. The molecule has 0 radical (unpaired) electrons. The van der Waals surface area contributed by atoms with Crippen LogP contribution in [0.2, 0.25) is 0 Å². The van der Waals surface area contributed by atoms with Gasteiger partial charge < -0.3 is 14.8 Å². The molecular formula is C12H18BrNO2. The average Bonchev–Trinajstić information content (AvgIpc) is 2.28. The maximum absolute atomic E-state index is 5.20. The van der Waals surface area contributed by atoms with Crippen LogP contribution >= 0.6 is 15.9 Å². The molecule has 0 spiro atoms. The van der Waals surface area contributed by atoms with E-state index in [1.54, 1.807) is 14.2 Å². The first kappa shape index (κ1) is 13.5. The number of methoxy groups -OCH3 is 2. The van der Waals surface area contributed by atoms with Crippen LogP contribution < -0.4 is 10.1 Å². The van der Waals surface area contributed by atoms with Gasteiger partial charge in [-0.2, -0.15) is 0 Å². The smallest absolute Gasteiger partial charge is 0.133 e. The van der Waals surface area contributed by atoms with Crippen molar-refractivity contribution in [1.29, 1.82) is 0 Å². The van der Waals surface area contributed by atoms with Gasteiger partial charge in [-0.25, -0.2) is 0 Å². The van der Waals surface area contributed by atoms with E-state index in [4.69, 9.17) is 9.47 Å². The van der Waals surface area contributed by atoms with Crippen LogP contribution in [0.15, 0.2) is 22.7 Å². The molecule has 16 heavy (non-hydrogen) atoms. The molecule has 1 N–H and O–H groups in total. The summed E-state index contributed by atoms with van der Waals surface area (Å²) in [5.41, 5.74) is 1.19. The Bertz CT molecular complexity index is 325. The van der Waals surface area contributed by atoms with E-state index in [0.29, 0.717) is 6.61 Å². The van der Waals surface area contributed by atoms with Gasteiger partial charge in [0, 0.05) is 7.11 Å². The number of hydrogen-bond donors (Lipinski definition) is 1. The van der Waals surface area contributed by atoms with Crippen LogP contribution in [0.1, 0.15) is 18.5 Å². The highest BCUT2D eigenvalue weighted by molar-refractivity contribution is 9.10. The Hall–Kier alpha value is -0.580. The zero-order valence-corrected chi connectivity index (χ0v) is 11.5.